The van der Waals surface area contributed by atoms with E-state index in [1.165, 1.54) is 18.2 Å². The van der Waals surface area contributed by atoms with Crippen LogP contribution in [0.2, 0.25) is 0 Å². The van der Waals surface area contributed by atoms with Gasteiger partial charge in [-0.2, -0.15) is 0 Å². The van der Waals surface area contributed by atoms with Gasteiger partial charge in [-0.3, -0.25) is 0 Å². The molecule has 0 aromatic heterocycles. The summed E-state index contributed by atoms with van der Waals surface area (Å²) < 4.78 is 103. The molecule has 1 aromatic rings. The van der Waals surface area contributed by atoms with Crippen molar-refractivity contribution >= 4 is 42.4 Å². The number of hydrogen-bond acceptors (Lipinski definition) is 6. The summed E-state index contributed by atoms with van der Waals surface area (Å²) >= 11 is -4.78. The molecule has 0 amide bonds. The van der Waals surface area contributed by atoms with Crippen LogP contribution in [-0.4, -0.2) is 36.5 Å². The van der Waals surface area contributed by atoms with Crippen molar-refractivity contribution in [3.8, 4) is 0 Å². The molecule has 0 spiro atoms. The SMILES string of the molecule is O=C(OI(CS(=O)(=O)c1ccccc1)OC(=O)C(F)(F)F)C(F)(F)F. The Hall–Kier alpha value is -1.58. The molecule has 0 radical (unpaired) electrons. The Morgan fingerprint density at radius 3 is 1.64 bits per heavy atom. The molecule has 1 rings (SSSR count). The summed E-state index contributed by atoms with van der Waals surface area (Å²) in [7, 11) is -4.46. The fraction of sp³-hybridized carbons (Fsp3) is 0.273. The van der Waals surface area contributed by atoms with Crippen molar-refractivity contribution in [3.05, 3.63) is 30.3 Å². The fourth-order valence-corrected chi connectivity index (χ4v) is 7.47. The third-order valence-electron chi connectivity index (χ3n) is 2.11. The van der Waals surface area contributed by atoms with Gasteiger partial charge in [0.2, 0.25) is 0 Å². The summed E-state index contributed by atoms with van der Waals surface area (Å²) in [5.74, 6) is -5.90. The maximum atomic E-state index is 12.2. The number of rotatable bonds is 5. The average Bonchev–Trinajstić information content (AvgIpc) is 2.45. The van der Waals surface area contributed by atoms with Gasteiger partial charge in [-0.15, -0.1) is 0 Å². The first-order chi connectivity index (χ1) is 11.2. The van der Waals surface area contributed by atoms with Crippen LogP contribution in [0.4, 0.5) is 26.3 Å². The molecule has 0 unspecified atom stereocenters. The van der Waals surface area contributed by atoms with Gasteiger partial charge in [0.25, 0.3) is 0 Å². The second-order valence-corrected chi connectivity index (χ2v) is 10.3. The summed E-state index contributed by atoms with van der Waals surface area (Å²) in [6.45, 7) is 0. The van der Waals surface area contributed by atoms with Crippen molar-refractivity contribution in [2.75, 3.05) is 3.76 Å². The summed E-state index contributed by atoms with van der Waals surface area (Å²) in [4.78, 5) is 21.1. The Kier molecular flexibility index (Phi) is 6.66. The van der Waals surface area contributed by atoms with E-state index in [-0.39, 0.29) is 0 Å². The van der Waals surface area contributed by atoms with Crippen LogP contribution in [-0.2, 0) is 25.6 Å². The molecule has 25 heavy (non-hydrogen) atoms. The van der Waals surface area contributed by atoms with Crippen LogP contribution in [0.15, 0.2) is 35.2 Å². The first kappa shape index (κ1) is 21.5. The van der Waals surface area contributed by atoms with Gasteiger partial charge >= 0.3 is 144 Å². The number of benzene rings is 1. The fourth-order valence-electron chi connectivity index (χ4n) is 1.11. The first-order valence-electron chi connectivity index (χ1n) is 5.76. The van der Waals surface area contributed by atoms with Crippen molar-refractivity contribution < 1.29 is 50.5 Å². The van der Waals surface area contributed by atoms with Gasteiger partial charge in [0, 0.05) is 0 Å². The van der Waals surface area contributed by atoms with Gasteiger partial charge in [0.1, 0.15) is 0 Å². The molecule has 0 bridgehead atoms. The molecule has 0 aliphatic rings. The molecule has 0 heterocycles. The maximum absolute atomic E-state index is 12.2. The van der Waals surface area contributed by atoms with Gasteiger partial charge in [-0.25, -0.2) is 0 Å². The van der Waals surface area contributed by atoms with Crippen molar-refractivity contribution in [3.63, 3.8) is 0 Å². The van der Waals surface area contributed by atoms with Crippen LogP contribution in [0, 0.1) is 0 Å². The molecule has 0 aliphatic carbocycles. The number of sulfone groups is 1. The first-order valence-corrected chi connectivity index (χ1v) is 10.7. The van der Waals surface area contributed by atoms with Crippen LogP contribution in [0.3, 0.4) is 0 Å². The second kappa shape index (κ2) is 7.76. The summed E-state index contributed by atoms with van der Waals surface area (Å²) in [6.07, 6.45) is -11.2. The van der Waals surface area contributed by atoms with Crippen LogP contribution in [0.5, 0.6) is 0 Å². The molecule has 1 aromatic carbocycles. The van der Waals surface area contributed by atoms with E-state index in [4.69, 9.17) is 0 Å². The Balaban J connectivity index is 3.06. The Morgan fingerprint density at radius 1 is 0.880 bits per heavy atom. The summed E-state index contributed by atoms with van der Waals surface area (Å²) in [5, 5.41) is 0. The Bertz CT molecular complexity index is 702. The molecular formula is C11H7F6IO6S. The van der Waals surface area contributed by atoms with E-state index in [9.17, 15) is 44.3 Å². The monoisotopic (exact) mass is 508 g/mol. The van der Waals surface area contributed by atoms with E-state index in [0.29, 0.717) is 0 Å². The van der Waals surface area contributed by atoms with Gasteiger partial charge in [-0.05, 0) is 0 Å². The minimum absolute atomic E-state index is 0.455. The zero-order valence-corrected chi connectivity index (χ0v) is 14.6. The van der Waals surface area contributed by atoms with Crippen LogP contribution in [0.1, 0.15) is 0 Å². The molecule has 0 atom stereocenters. The molecule has 6 nitrogen and oxygen atoms in total. The van der Waals surface area contributed by atoms with Gasteiger partial charge < -0.3 is 0 Å². The van der Waals surface area contributed by atoms with Crippen molar-refractivity contribution in [1.29, 1.82) is 0 Å². The predicted molar refractivity (Wildman–Crippen MR) is 76.8 cm³/mol. The van der Waals surface area contributed by atoms with Crippen molar-refractivity contribution in [2.45, 2.75) is 17.2 Å². The molecule has 0 N–H and O–H groups in total. The standard InChI is InChI=1S/C11H7F6IO6S/c12-10(13,14)8(19)23-18(24-9(20)11(15,16)17)6-25(21,22)7-4-2-1-3-5-7/h1-5H,6H2. The zero-order chi connectivity index (χ0) is 19.5. The Morgan fingerprint density at radius 2 is 1.28 bits per heavy atom. The van der Waals surface area contributed by atoms with E-state index < -0.39 is 63.4 Å². The normalized spacial score (nSPS) is 13.1. The van der Waals surface area contributed by atoms with E-state index in [2.05, 4.69) is 6.13 Å². The number of alkyl halides is 7. The quantitative estimate of drug-likeness (QED) is 0.346. The van der Waals surface area contributed by atoms with Gasteiger partial charge in [0.15, 0.2) is 0 Å². The predicted octanol–water partition coefficient (Wildman–Crippen LogP) is 2.97. The number of hydrogen-bond donors (Lipinski definition) is 0. The third kappa shape index (κ3) is 6.68. The van der Waals surface area contributed by atoms with Crippen molar-refractivity contribution in [2.24, 2.45) is 0 Å². The number of carbonyl (C=O) groups excluding carboxylic acids is 2. The van der Waals surface area contributed by atoms with Crippen molar-refractivity contribution in [1.82, 2.24) is 0 Å². The molecule has 0 saturated carbocycles. The Labute approximate surface area is 144 Å². The van der Waals surface area contributed by atoms with Gasteiger partial charge in [-0.1, -0.05) is 0 Å². The van der Waals surface area contributed by atoms with Crippen LogP contribution < -0.4 is 0 Å². The summed E-state index contributed by atoms with van der Waals surface area (Å²) in [5.41, 5.74) is 0. The van der Waals surface area contributed by atoms with Gasteiger partial charge in [0.05, 0.1) is 0 Å². The van der Waals surface area contributed by atoms with E-state index in [0.717, 1.165) is 12.1 Å². The number of halogens is 7. The van der Waals surface area contributed by atoms with Crippen LogP contribution >= 0.6 is 20.6 Å². The average molecular weight is 508 g/mol. The zero-order valence-electron chi connectivity index (χ0n) is 11.6. The third-order valence-corrected chi connectivity index (χ3v) is 9.33. The molecular weight excluding hydrogens is 501 g/mol. The number of carbonyl (C=O) groups is 2. The van der Waals surface area contributed by atoms with E-state index >= 15 is 0 Å². The molecule has 0 saturated heterocycles. The summed E-state index contributed by atoms with van der Waals surface area (Å²) in [6, 6.07) is 5.92. The second-order valence-electron chi connectivity index (χ2n) is 4.04. The van der Waals surface area contributed by atoms with Crippen LogP contribution in [0.25, 0.3) is 0 Å². The van der Waals surface area contributed by atoms with E-state index in [1.54, 1.807) is 0 Å². The molecule has 0 fully saturated rings. The molecule has 142 valence electrons. The molecule has 0 aliphatic heterocycles. The minimum atomic E-state index is -5.60. The van der Waals surface area contributed by atoms with E-state index in [1.807, 2.05) is 0 Å². The topological polar surface area (TPSA) is 86.7 Å². The molecule has 14 heteroatoms.